The largest absolute Gasteiger partial charge is 0.452 e. The van der Waals surface area contributed by atoms with Crippen molar-refractivity contribution in [3.63, 3.8) is 0 Å². The van der Waals surface area contributed by atoms with Gasteiger partial charge < -0.3 is 15.0 Å². The molecule has 1 aliphatic rings. The van der Waals surface area contributed by atoms with Gasteiger partial charge in [0.1, 0.15) is 5.82 Å². The standard InChI is InChI=1S/C19H16BrFN2O4/c20-14-8-7-12(21)10-13(14)19(26)27-11-17(24)22-15-4-1-2-5-16(15)23-9-3-6-18(23)25/h1-2,4-5,7-8,10H,3,6,9,11H2,(H,22,24). The molecule has 0 radical (unpaired) electrons. The van der Waals surface area contributed by atoms with Crippen LogP contribution in [0.25, 0.3) is 0 Å². The van der Waals surface area contributed by atoms with Crippen LogP contribution in [0.3, 0.4) is 0 Å². The Morgan fingerprint density at radius 1 is 1.22 bits per heavy atom. The highest BCUT2D eigenvalue weighted by Gasteiger charge is 2.24. The average Bonchev–Trinajstić information content (AvgIpc) is 3.08. The van der Waals surface area contributed by atoms with Crippen LogP contribution in [0.15, 0.2) is 46.9 Å². The Balaban J connectivity index is 1.64. The van der Waals surface area contributed by atoms with Crippen LogP contribution in [-0.4, -0.2) is 30.9 Å². The van der Waals surface area contributed by atoms with Gasteiger partial charge in [0.2, 0.25) is 5.91 Å². The molecule has 8 heteroatoms. The van der Waals surface area contributed by atoms with E-state index in [1.165, 1.54) is 12.1 Å². The number of nitrogens with one attached hydrogen (secondary N) is 1. The number of nitrogens with zero attached hydrogens (tertiary/aromatic N) is 1. The van der Waals surface area contributed by atoms with Gasteiger partial charge in [-0.2, -0.15) is 0 Å². The maximum atomic E-state index is 13.3. The van der Waals surface area contributed by atoms with Crippen LogP contribution in [0.4, 0.5) is 15.8 Å². The molecular formula is C19H16BrFN2O4. The van der Waals surface area contributed by atoms with Crippen LogP contribution < -0.4 is 10.2 Å². The first-order valence-electron chi connectivity index (χ1n) is 8.27. The molecule has 0 spiro atoms. The fourth-order valence-corrected chi connectivity index (χ4v) is 3.18. The minimum absolute atomic E-state index is 0.000851. The lowest BCUT2D eigenvalue weighted by atomic mass is 10.2. The summed E-state index contributed by atoms with van der Waals surface area (Å²) in [5.74, 6) is -1.97. The third kappa shape index (κ3) is 4.51. The smallest absolute Gasteiger partial charge is 0.339 e. The highest BCUT2D eigenvalue weighted by molar-refractivity contribution is 9.10. The van der Waals surface area contributed by atoms with E-state index in [9.17, 15) is 18.8 Å². The topological polar surface area (TPSA) is 75.7 Å². The minimum atomic E-state index is -0.820. The third-order valence-corrected chi connectivity index (χ3v) is 4.72. The maximum absolute atomic E-state index is 13.3. The summed E-state index contributed by atoms with van der Waals surface area (Å²) in [7, 11) is 0. The lowest BCUT2D eigenvalue weighted by molar-refractivity contribution is -0.119. The highest BCUT2D eigenvalue weighted by atomic mass is 79.9. The molecule has 2 aromatic carbocycles. The van der Waals surface area contributed by atoms with Gasteiger partial charge >= 0.3 is 5.97 Å². The number of halogens is 2. The summed E-state index contributed by atoms with van der Waals surface area (Å²) in [5.41, 5.74) is 1.05. The number of esters is 1. The van der Waals surface area contributed by atoms with Crippen LogP contribution >= 0.6 is 15.9 Å². The van der Waals surface area contributed by atoms with Crippen molar-refractivity contribution in [1.82, 2.24) is 0 Å². The van der Waals surface area contributed by atoms with Crippen LogP contribution in [0.5, 0.6) is 0 Å². The molecule has 0 saturated carbocycles. The first-order chi connectivity index (χ1) is 13.0. The van der Waals surface area contributed by atoms with E-state index in [1.807, 2.05) is 0 Å². The number of hydrogen-bond donors (Lipinski definition) is 1. The Morgan fingerprint density at radius 3 is 2.74 bits per heavy atom. The van der Waals surface area contributed by atoms with Crippen LogP contribution in [-0.2, 0) is 14.3 Å². The monoisotopic (exact) mass is 434 g/mol. The third-order valence-electron chi connectivity index (χ3n) is 4.03. The molecule has 1 aliphatic heterocycles. The first-order valence-corrected chi connectivity index (χ1v) is 9.06. The number of hydrogen-bond acceptors (Lipinski definition) is 4. The number of amides is 2. The van der Waals surface area contributed by atoms with Crippen molar-refractivity contribution < 1.29 is 23.5 Å². The van der Waals surface area contributed by atoms with Crippen molar-refractivity contribution in [3.8, 4) is 0 Å². The zero-order chi connectivity index (χ0) is 19.4. The van der Waals surface area contributed by atoms with Crippen molar-refractivity contribution in [1.29, 1.82) is 0 Å². The Bertz CT molecular complexity index is 903. The summed E-state index contributed by atoms with van der Waals surface area (Å²) < 4.78 is 18.6. The van der Waals surface area contributed by atoms with Crippen LogP contribution in [0, 0.1) is 5.82 Å². The van der Waals surface area contributed by atoms with E-state index in [2.05, 4.69) is 21.2 Å². The average molecular weight is 435 g/mol. The number of anilines is 2. The van der Waals surface area contributed by atoms with E-state index in [-0.39, 0.29) is 11.5 Å². The van der Waals surface area contributed by atoms with Gasteiger partial charge in [0.25, 0.3) is 5.91 Å². The second kappa shape index (κ2) is 8.30. The van der Waals surface area contributed by atoms with E-state index >= 15 is 0 Å². The molecule has 0 atom stereocenters. The number of benzene rings is 2. The number of rotatable bonds is 5. The molecule has 140 valence electrons. The van der Waals surface area contributed by atoms with Gasteiger partial charge in [0.15, 0.2) is 6.61 Å². The molecule has 0 unspecified atom stereocenters. The number of carbonyl (C=O) groups is 3. The van der Waals surface area contributed by atoms with Crippen molar-refractivity contribution in [2.45, 2.75) is 12.8 Å². The molecule has 6 nitrogen and oxygen atoms in total. The molecule has 1 fully saturated rings. The predicted molar refractivity (Wildman–Crippen MR) is 101 cm³/mol. The molecule has 3 rings (SSSR count). The van der Waals surface area contributed by atoms with Crippen LogP contribution in [0.2, 0.25) is 0 Å². The second-order valence-electron chi connectivity index (χ2n) is 5.91. The van der Waals surface area contributed by atoms with Gasteiger partial charge in [-0.3, -0.25) is 9.59 Å². The summed E-state index contributed by atoms with van der Waals surface area (Å²) in [6.07, 6.45) is 1.24. The lowest BCUT2D eigenvalue weighted by Crippen LogP contribution is -2.27. The van der Waals surface area contributed by atoms with E-state index in [4.69, 9.17) is 4.74 Å². The van der Waals surface area contributed by atoms with Gasteiger partial charge in [-0.15, -0.1) is 0 Å². The van der Waals surface area contributed by atoms with Crippen molar-refractivity contribution in [3.05, 3.63) is 58.3 Å². The van der Waals surface area contributed by atoms with Gasteiger partial charge in [0.05, 0.1) is 16.9 Å². The summed E-state index contributed by atoms with van der Waals surface area (Å²) in [5, 5.41) is 2.64. The molecular weight excluding hydrogens is 419 g/mol. The molecule has 1 saturated heterocycles. The van der Waals surface area contributed by atoms with Crippen molar-refractivity contribution >= 4 is 45.1 Å². The fourth-order valence-electron chi connectivity index (χ4n) is 2.77. The molecule has 2 aromatic rings. The molecule has 1 heterocycles. The second-order valence-corrected chi connectivity index (χ2v) is 6.77. The highest BCUT2D eigenvalue weighted by Crippen LogP contribution is 2.29. The zero-order valence-electron chi connectivity index (χ0n) is 14.2. The predicted octanol–water partition coefficient (Wildman–Crippen LogP) is 3.51. The minimum Gasteiger partial charge on any atom is -0.452 e. The maximum Gasteiger partial charge on any atom is 0.339 e. The molecule has 1 N–H and O–H groups in total. The zero-order valence-corrected chi connectivity index (χ0v) is 15.8. The van der Waals surface area contributed by atoms with E-state index < -0.39 is 24.3 Å². The summed E-state index contributed by atoms with van der Waals surface area (Å²) >= 11 is 3.14. The van der Waals surface area contributed by atoms with E-state index in [1.54, 1.807) is 29.2 Å². The first kappa shape index (κ1) is 19.0. The summed E-state index contributed by atoms with van der Waals surface area (Å²) in [6, 6.07) is 10.5. The Kier molecular flexibility index (Phi) is 5.85. The molecule has 0 aliphatic carbocycles. The lowest BCUT2D eigenvalue weighted by Gasteiger charge is -2.19. The Labute approximate surface area is 163 Å². The van der Waals surface area contributed by atoms with E-state index in [0.29, 0.717) is 28.8 Å². The molecule has 27 heavy (non-hydrogen) atoms. The number of ether oxygens (including phenoxy) is 1. The Hall–Kier alpha value is -2.74. The molecule has 2 amide bonds. The summed E-state index contributed by atoms with van der Waals surface area (Å²) in [4.78, 5) is 37.8. The van der Waals surface area contributed by atoms with Crippen molar-refractivity contribution in [2.24, 2.45) is 0 Å². The molecule has 0 bridgehead atoms. The quantitative estimate of drug-likeness (QED) is 0.730. The Morgan fingerprint density at radius 2 is 2.00 bits per heavy atom. The van der Waals surface area contributed by atoms with Gasteiger partial charge in [-0.1, -0.05) is 12.1 Å². The van der Waals surface area contributed by atoms with Gasteiger partial charge in [0, 0.05) is 17.4 Å². The van der Waals surface area contributed by atoms with Crippen LogP contribution in [0.1, 0.15) is 23.2 Å². The normalized spacial score (nSPS) is 13.6. The number of para-hydroxylation sites is 2. The number of carbonyl (C=O) groups excluding carboxylic acids is 3. The van der Waals surface area contributed by atoms with Crippen molar-refractivity contribution in [2.75, 3.05) is 23.4 Å². The van der Waals surface area contributed by atoms with Gasteiger partial charge in [-0.05, 0) is 52.7 Å². The molecule has 0 aromatic heterocycles. The van der Waals surface area contributed by atoms with Gasteiger partial charge in [-0.25, -0.2) is 9.18 Å². The van der Waals surface area contributed by atoms with E-state index in [0.717, 1.165) is 12.5 Å². The fraction of sp³-hybridized carbons (Fsp3) is 0.211. The SMILES string of the molecule is O=C(COC(=O)c1cc(F)ccc1Br)Nc1ccccc1N1CCCC1=O. The summed E-state index contributed by atoms with van der Waals surface area (Å²) in [6.45, 7) is 0.0539.